The van der Waals surface area contributed by atoms with Gasteiger partial charge in [0.25, 0.3) is 0 Å². The summed E-state index contributed by atoms with van der Waals surface area (Å²) in [6, 6.07) is 0. The Kier molecular flexibility index (Phi) is 4.90. The van der Waals surface area contributed by atoms with E-state index in [9.17, 15) is 0 Å². The molecule has 0 radical (unpaired) electrons. The first-order valence-corrected chi connectivity index (χ1v) is 15.0. The van der Waals surface area contributed by atoms with Crippen LogP contribution in [0.25, 0.3) is 64.6 Å². The van der Waals surface area contributed by atoms with Gasteiger partial charge >= 0.3 is 0 Å². The second-order valence-corrected chi connectivity index (χ2v) is 13.2. The molecule has 0 aromatic heterocycles. The zero-order valence-electron chi connectivity index (χ0n) is 27.0. The van der Waals surface area contributed by atoms with E-state index in [-0.39, 0.29) is 0 Å². The van der Waals surface area contributed by atoms with Crippen LogP contribution in [0.15, 0.2) is 0 Å². The molecule has 0 aliphatic carbocycles. The number of fused-ring (bicyclic) bond motifs is 8. The molecular formula is C40H42. The van der Waals surface area contributed by atoms with Crippen LogP contribution in [0.2, 0.25) is 0 Å². The summed E-state index contributed by atoms with van der Waals surface area (Å²) in [7, 11) is 0. The zero-order chi connectivity index (χ0) is 29.0. The lowest BCUT2D eigenvalue weighted by molar-refractivity contribution is 1.26. The van der Waals surface area contributed by atoms with Crippen LogP contribution < -0.4 is 0 Å². The molecule has 0 N–H and O–H groups in total. The third kappa shape index (κ3) is 2.52. The van der Waals surface area contributed by atoms with Crippen molar-refractivity contribution in [2.45, 2.75) is 96.9 Å². The number of hydrogen-bond donors (Lipinski definition) is 0. The van der Waals surface area contributed by atoms with Gasteiger partial charge < -0.3 is 0 Å². The van der Waals surface area contributed by atoms with Gasteiger partial charge in [-0.15, -0.1) is 0 Å². The van der Waals surface area contributed by atoms with Crippen LogP contribution in [0.5, 0.6) is 0 Å². The first kappa shape index (κ1) is 25.6. The van der Waals surface area contributed by atoms with Gasteiger partial charge in [-0.3, -0.25) is 0 Å². The lowest BCUT2D eigenvalue weighted by Crippen LogP contribution is -1.94. The summed E-state index contributed by atoms with van der Waals surface area (Å²) in [5.41, 5.74) is 20.3. The van der Waals surface area contributed by atoms with Crippen LogP contribution in [0, 0.1) is 96.9 Å². The largest absolute Gasteiger partial charge is 0.0443 e. The maximum Gasteiger partial charge on any atom is -0.000781 e. The molecule has 7 aromatic carbocycles. The number of benzene rings is 5. The van der Waals surface area contributed by atoms with E-state index in [1.54, 1.807) is 0 Å². The highest BCUT2D eigenvalue weighted by atomic mass is 14.3. The van der Waals surface area contributed by atoms with Crippen molar-refractivity contribution in [1.29, 1.82) is 0 Å². The van der Waals surface area contributed by atoms with E-state index in [1.165, 1.54) is 143 Å². The van der Waals surface area contributed by atoms with Gasteiger partial charge in [0, 0.05) is 0 Å². The van der Waals surface area contributed by atoms with Gasteiger partial charge in [-0.25, -0.2) is 0 Å². The van der Waals surface area contributed by atoms with Crippen molar-refractivity contribution < 1.29 is 0 Å². The molecule has 202 valence electrons. The van der Waals surface area contributed by atoms with Crippen molar-refractivity contribution in [3.8, 4) is 0 Å². The molecule has 0 amide bonds. The van der Waals surface area contributed by atoms with Crippen LogP contribution in [0.3, 0.4) is 0 Å². The molecule has 0 aliphatic rings. The van der Waals surface area contributed by atoms with Crippen molar-refractivity contribution >= 4 is 64.6 Å². The summed E-state index contributed by atoms with van der Waals surface area (Å²) < 4.78 is 0. The lowest BCUT2D eigenvalue weighted by Gasteiger charge is -2.18. The first-order valence-electron chi connectivity index (χ1n) is 15.0. The second-order valence-electron chi connectivity index (χ2n) is 13.2. The molecule has 0 heterocycles. The topological polar surface area (TPSA) is 0 Å². The maximum absolute atomic E-state index is 2.39. The molecule has 0 unspecified atom stereocenters. The van der Waals surface area contributed by atoms with Gasteiger partial charge in [0.15, 0.2) is 0 Å². The minimum absolute atomic E-state index is 1.44. The molecule has 0 bridgehead atoms. The van der Waals surface area contributed by atoms with Crippen molar-refractivity contribution in [3.63, 3.8) is 0 Å². The summed E-state index contributed by atoms with van der Waals surface area (Å²) in [5, 5.41) is 18.0. The third-order valence-electron chi connectivity index (χ3n) is 12.1. The molecule has 40 heavy (non-hydrogen) atoms. The van der Waals surface area contributed by atoms with Gasteiger partial charge in [-0.1, -0.05) is 0 Å². The van der Waals surface area contributed by atoms with Crippen LogP contribution >= 0.6 is 0 Å². The molecule has 0 fully saturated rings. The Bertz CT molecular complexity index is 2150. The highest BCUT2D eigenvalue weighted by molar-refractivity contribution is 6.50. The van der Waals surface area contributed by atoms with E-state index >= 15 is 0 Å². The van der Waals surface area contributed by atoms with E-state index in [1.807, 2.05) is 0 Å². The smallest absolute Gasteiger partial charge is 0.000781 e. The van der Waals surface area contributed by atoms with Crippen molar-refractivity contribution in [3.05, 3.63) is 77.9 Å². The summed E-state index contributed by atoms with van der Waals surface area (Å²) in [5.74, 6) is 0. The van der Waals surface area contributed by atoms with Crippen molar-refractivity contribution in [2.24, 2.45) is 0 Å². The molecule has 0 aliphatic heterocycles. The number of hydrogen-bond acceptors (Lipinski definition) is 0. The minimum Gasteiger partial charge on any atom is -0.0443 e. The highest BCUT2D eigenvalue weighted by Gasteiger charge is 2.30. The van der Waals surface area contributed by atoms with Crippen LogP contribution in [-0.2, 0) is 0 Å². The molecule has 0 atom stereocenters. The van der Waals surface area contributed by atoms with Crippen molar-refractivity contribution in [2.75, 3.05) is 0 Å². The summed E-state index contributed by atoms with van der Waals surface area (Å²) in [6.45, 7) is 33.0. The van der Waals surface area contributed by atoms with Crippen molar-refractivity contribution in [1.82, 2.24) is 0 Å². The summed E-state index contributed by atoms with van der Waals surface area (Å²) in [4.78, 5) is 0. The molecule has 0 saturated heterocycles. The van der Waals surface area contributed by atoms with E-state index in [4.69, 9.17) is 0 Å². The molecule has 7 aromatic rings. The summed E-state index contributed by atoms with van der Waals surface area (Å²) in [6.07, 6.45) is 0. The average Bonchev–Trinajstić information content (AvgIpc) is 3.47. The van der Waals surface area contributed by atoms with E-state index in [2.05, 4.69) is 96.9 Å². The highest BCUT2D eigenvalue weighted by Crippen LogP contribution is 2.56. The van der Waals surface area contributed by atoms with Gasteiger partial charge in [0.05, 0.1) is 0 Å². The van der Waals surface area contributed by atoms with Gasteiger partial charge in [0.1, 0.15) is 0 Å². The first-order chi connectivity index (χ1) is 18.7. The Morgan fingerprint density at radius 2 is 0.225 bits per heavy atom. The Labute approximate surface area is 239 Å². The Hall–Kier alpha value is -3.38. The molecule has 0 heteroatoms. The molecule has 0 spiro atoms. The molecule has 0 saturated carbocycles. The number of aryl methyl sites for hydroxylation is 8. The quantitative estimate of drug-likeness (QED) is 0.174. The average molecular weight is 523 g/mol. The maximum atomic E-state index is 2.39. The van der Waals surface area contributed by atoms with Gasteiger partial charge in [-0.05, 0) is 239 Å². The fourth-order valence-corrected chi connectivity index (χ4v) is 8.69. The van der Waals surface area contributed by atoms with E-state index in [0.717, 1.165) is 0 Å². The second kappa shape index (κ2) is 7.67. The van der Waals surface area contributed by atoms with Crippen LogP contribution in [0.4, 0.5) is 0 Å². The van der Waals surface area contributed by atoms with E-state index < -0.39 is 0 Å². The standard InChI is InChI=1S/C40H42/c1-15-17(3)23(9)31-29(21(15)7)33-25(11)19(5)27(13)36-38-32-24(10)18(4)16(2)22(8)30(32)34-26(12)20(6)28(14)35(40(34)38)37(31)39(33)36/h1-14H3. The van der Waals surface area contributed by atoms with E-state index in [0.29, 0.717) is 0 Å². The van der Waals surface area contributed by atoms with Crippen LogP contribution in [-0.4, -0.2) is 0 Å². The monoisotopic (exact) mass is 522 g/mol. The van der Waals surface area contributed by atoms with Gasteiger partial charge in [0.2, 0.25) is 0 Å². The molecule has 0 nitrogen and oxygen atoms in total. The minimum atomic E-state index is 1.44. The third-order valence-corrected chi connectivity index (χ3v) is 12.1. The van der Waals surface area contributed by atoms with Gasteiger partial charge in [-0.2, -0.15) is 0 Å². The van der Waals surface area contributed by atoms with Crippen LogP contribution in [0.1, 0.15) is 77.9 Å². The predicted octanol–water partition coefficient (Wildman–Crippen LogP) is 11.8. The predicted molar refractivity (Wildman–Crippen MR) is 180 cm³/mol. The number of rotatable bonds is 0. The summed E-state index contributed by atoms with van der Waals surface area (Å²) >= 11 is 0. The Balaban J connectivity index is 2.09. The zero-order valence-corrected chi connectivity index (χ0v) is 27.0. The fraction of sp³-hybridized carbons (Fsp3) is 0.350. The Morgan fingerprint density at radius 3 is 0.400 bits per heavy atom. The Morgan fingerprint density at radius 1 is 0.125 bits per heavy atom. The fourth-order valence-electron chi connectivity index (χ4n) is 8.69. The SMILES string of the molecule is Cc1c(C)c(C)c2c(c1C)c1c(C)c(C)c(C)c3c4c5c(C)c(C)c(C)c(C)c5c5c(C)c(C)c(C)c(c2c13)c54. The molecular weight excluding hydrogens is 480 g/mol. The lowest BCUT2D eigenvalue weighted by atomic mass is 9.85. The molecule has 7 rings (SSSR count). The normalized spacial score (nSPS) is 12.8.